The molecule has 3 fully saturated rings. The van der Waals surface area contributed by atoms with Crippen molar-refractivity contribution >= 4 is 58.2 Å². The summed E-state index contributed by atoms with van der Waals surface area (Å²) in [6.07, 6.45) is 6.30. The molecule has 1 aliphatic carbocycles. The summed E-state index contributed by atoms with van der Waals surface area (Å²) < 4.78 is 32.6. The molecule has 1 spiro atoms. The molecule has 0 aromatic heterocycles. The Kier molecular flexibility index (Phi) is 13.2. The number of carbonyl (C=O) groups is 4. The second kappa shape index (κ2) is 18.6. The van der Waals surface area contributed by atoms with Crippen LogP contribution in [0.4, 0.5) is 14.5 Å². The molecule has 4 amide bonds. The van der Waals surface area contributed by atoms with E-state index in [-0.39, 0.29) is 44.3 Å². The highest BCUT2D eigenvalue weighted by Crippen LogP contribution is 2.61. The number of fused-ring (bicyclic) bond motifs is 1. The highest BCUT2D eigenvalue weighted by Gasteiger charge is 2.69. The normalized spacial score (nSPS) is 23.0. The number of imide groups is 1. The number of benzene rings is 4. The monoisotopic (exact) mass is 934 g/mol. The van der Waals surface area contributed by atoms with Crippen LogP contribution in [0.3, 0.4) is 0 Å². The summed E-state index contributed by atoms with van der Waals surface area (Å²) in [5.74, 6) is -4.06. The molecule has 3 aliphatic heterocycles. The Morgan fingerprint density at radius 2 is 1.73 bits per heavy atom. The fourth-order valence-electron chi connectivity index (χ4n) is 10.9. The number of hydrogen-bond donors (Lipinski definition) is 4. The summed E-state index contributed by atoms with van der Waals surface area (Å²) in [5.41, 5.74) is 2.69. The average Bonchev–Trinajstić information content (AvgIpc) is 3.77. The first kappa shape index (κ1) is 46.9. The topological polar surface area (TPSA) is 143 Å². The first-order chi connectivity index (χ1) is 31.5. The smallest absolute Gasteiger partial charge is 0.251 e. The highest BCUT2D eigenvalue weighted by atomic mass is 35.5. The number of amides is 4. The minimum atomic E-state index is -1.76. The van der Waals surface area contributed by atoms with Crippen molar-refractivity contribution in [2.24, 2.45) is 5.41 Å². The molecule has 4 N–H and O–H groups in total. The third-order valence-electron chi connectivity index (χ3n) is 14.6. The standard InChI is InChI=1S/C52H54Cl2F2N6O4/c1-30-26-33(47(64)58-25-7-5-6-10-32-11-8-12-35-31(2)62(28-37(32)35)42-19-20-43(63)60-48(42)65)15-18-41(30)59-49(66)46-44(36-13-9-14-39(54)45(36)56)52(29-57,38-17-16-34(53)27-40(38)55)51(61-46)23-21-50(3,4)22-24-51/h8-9,11-18,26-27,42,44,46,61H,2,5-7,10,19-25,28H2,1,3-4H3,(H,58,64)(H,59,66)(H,60,63,65)/t42?,44-,46+,52+/m0/s1. The molecule has 10 nitrogen and oxygen atoms in total. The van der Waals surface area contributed by atoms with Gasteiger partial charge in [0.25, 0.3) is 5.91 Å². The van der Waals surface area contributed by atoms with E-state index in [1.54, 1.807) is 31.2 Å². The quantitative estimate of drug-likeness (QED) is 0.0819. The van der Waals surface area contributed by atoms with Crippen LogP contribution >= 0.6 is 23.2 Å². The highest BCUT2D eigenvalue weighted by molar-refractivity contribution is 6.31. The van der Waals surface area contributed by atoms with E-state index in [0.717, 1.165) is 48.6 Å². The molecular formula is C52H54Cl2F2N6O4. The van der Waals surface area contributed by atoms with Crippen LogP contribution in [0.5, 0.6) is 0 Å². The first-order valence-electron chi connectivity index (χ1n) is 22.7. The van der Waals surface area contributed by atoms with Gasteiger partial charge in [-0.3, -0.25) is 29.8 Å². The maximum atomic E-state index is 16.3. The van der Waals surface area contributed by atoms with Crippen LogP contribution < -0.4 is 21.3 Å². The summed E-state index contributed by atoms with van der Waals surface area (Å²) in [6, 6.07) is 20.5. The molecule has 4 atom stereocenters. The molecule has 0 bridgehead atoms. The zero-order chi connectivity index (χ0) is 47.1. The molecule has 4 aromatic rings. The van der Waals surface area contributed by atoms with Crippen molar-refractivity contribution in [3.8, 4) is 6.07 Å². The van der Waals surface area contributed by atoms with Gasteiger partial charge in [0.2, 0.25) is 17.7 Å². The van der Waals surface area contributed by atoms with Crippen LogP contribution in [0.15, 0.2) is 79.4 Å². The van der Waals surface area contributed by atoms with Crippen LogP contribution in [-0.2, 0) is 32.8 Å². The summed E-state index contributed by atoms with van der Waals surface area (Å²) >= 11 is 12.6. The second-order valence-corrected chi connectivity index (χ2v) is 19.9. The molecule has 4 aromatic carbocycles. The maximum Gasteiger partial charge on any atom is 0.251 e. The number of halogens is 4. The van der Waals surface area contributed by atoms with E-state index in [1.165, 1.54) is 29.8 Å². The van der Waals surface area contributed by atoms with Gasteiger partial charge in [-0.05, 0) is 122 Å². The largest absolute Gasteiger partial charge is 0.355 e. The van der Waals surface area contributed by atoms with E-state index < -0.39 is 46.5 Å². The number of nitrogens with one attached hydrogen (secondary N) is 4. The van der Waals surface area contributed by atoms with E-state index in [4.69, 9.17) is 23.2 Å². The lowest BCUT2D eigenvalue weighted by molar-refractivity contribution is -0.136. The van der Waals surface area contributed by atoms with Crippen LogP contribution in [0.2, 0.25) is 10.0 Å². The van der Waals surface area contributed by atoms with Crippen LogP contribution in [-0.4, -0.2) is 52.7 Å². The summed E-state index contributed by atoms with van der Waals surface area (Å²) in [6.45, 7) is 11.3. The molecule has 3 heterocycles. The van der Waals surface area contributed by atoms with Crippen molar-refractivity contribution in [2.75, 3.05) is 11.9 Å². The number of rotatable bonds is 12. The molecule has 1 unspecified atom stereocenters. The lowest BCUT2D eigenvalue weighted by atomic mass is 9.53. The molecule has 8 rings (SSSR count). The van der Waals surface area contributed by atoms with E-state index in [0.29, 0.717) is 68.4 Å². The number of unbranched alkanes of at least 4 members (excludes halogenated alkanes) is 2. The maximum absolute atomic E-state index is 16.3. The van der Waals surface area contributed by atoms with Crippen LogP contribution in [0.1, 0.15) is 121 Å². The van der Waals surface area contributed by atoms with E-state index in [1.807, 2.05) is 17.0 Å². The fourth-order valence-corrected chi connectivity index (χ4v) is 11.2. The van der Waals surface area contributed by atoms with E-state index in [2.05, 4.69) is 53.8 Å². The zero-order valence-corrected chi connectivity index (χ0v) is 38.9. The van der Waals surface area contributed by atoms with Crippen molar-refractivity contribution in [2.45, 2.75) is 120 Å². The molecule has 1 saturated carbocycles. The zero-order valence-electron chi connectivity index (χ0n) is 37.4. The Morgan fingerprint density at radius 3 is 2.44 bits per heavy atom. The van der Waals surface area contributed by atoms with Gasteiger partial charge in [0.15, 0.2) is 0 Å². The fraction of sp³-hybridized carbons (Fsp3) is 0.404. The van der Waals surface area contributed by atoms with Gasteiger partial charge in [0, 0.05) is 64.1 Å². The third-order valence-corrected chi connectivity index (χ3v) is 15.1. The Balaban J connectivity index is 0.934. The van der Waals surface area contributed by atoms with Crippen molar-refractivity contribution in [3.63, 3.8) is 0 Å². The van der Waals surface area contributed by atoms with Gasteiger partial charge < -0.3 is 15.5 Å². The molecule has 2 saturated heterocycles. The van der Waals surface area contributed by atoms with Gasteiger partial charge in [-0.15, -0.1) is 0 Å². The van der Waals surface area contributed by atoms with Gasteiger partial charge >= 0.3 is 0 Å². The number of piperidine rings is 1. The second-order valence-electron chi connectivity index (χ2n) is 19.1. The summed E-state index contributed by atoms with van der Waals surface area (Å²) in [7, 11) is 0. The van der Waals surface area contributed by atoms with Crippen molar-refractivity contribution in [1.82, 2.24) is 20.9 Å². The van der Waals surface area contributed by atoms with Crippen LogP contribution in [0.25, 0.3) is 5.70 Å². The molecular weight excluding hydrogens is 882 g/mol. The van der Waals surface area contributed by atoms with Gasteiger partial charge in [-0.25, -0.2) is 8.78 Å². The molecule has 4 aliphatic rings. The summed E-state index contributed by atoms with van der Waals surface area (Å²) in [4.78, 5) is 54.4. The van der Waals surface area contributed by atoms with E-state index >= 15 is 8.78 Å². The molecule has 66 heavy (non-hydrogen) atoms. The van der Waals surface area contributed by atoms with E-state index in [9.17, 15) is 24.4 Å². The third kappa shape index (κ3) is 8.62. The van der Waals surface area contributed by atoms with Crippen molar-refractivity contribution in [3.05, 3.63) is 140 Å². The molecule has 14 heteroatoms. The Labute approximate surface area is 394 Å². The average molecular weight is 936 g/mol. The number of aryl methyl sites for hydroxylation is 2. The lowest BCUT2D eigenvalue weighted by Gasteiger charge is -2.50. The SMILES string of the molecule is C=C1c2cccc(CCCCCNC(=O)c3ccc(NC(=O)[C@@H]4NC5(CCC(C)(C)CC5)[C@](C#N)(c5ccc(Cl)cc5F)[C@H]4c4cccc(Cl)c4F)c(C)c3)c2CN1C1CCC(=O)NC1=O. The predicted octanol–water partition coefficient (Wildman–Crippen LogP) is 9.81. The number of anilines is 1. The Hall–Kier alpha value is -5.61. The van der Waals surface area contributed by atoms with Gasteiger partial charge in [0.1, 0.15) is 23.1 Å². The number of hydrogen-bond acceptors (Lipinski definition) is 7. The minimum absolute atomic E-state index is 0.0183. The number of nitrogens with zero attached hydrogens (tertiary/aromatic N) is 2. The Bertz CT molecular complexity index is 2670. The van der Waals surface area contributed by atoms with Gasteiger partial charge in [-0.2, -0.15) is 5.26 Å². The van der Waals surface area contributed by atoms with Gasteiger partial charge in [-0.1, -0.05) is 86.4 Å². The molecule has 0 radical (unpaired) electrons. The predicted molar refractivity (Wildman–Crippen MR) is 252 cm³/mol. The first-order valence-corrected chi connectivity index (χ1v) is 23.4. The lowest BCUT2D eigenvalue weighted by Crippen LogP contribution is -2.58. The minimum Gasteiger partial charge on any atom is -0.355 e. The molecule has 344 valence electrons. The Morgan fingerprint density at radius 1 is 0.970 bits per heavy atom. The number of nitriles is 1. The summed E-state index contributed by atoms with van der Waals surface area (Å²) in [5, 5.41) is 23.4. The van der Waals surface area contributed by atoms with Crippen molar-refractivity contribution < 1.29 is 28.0 Å². The van der Waals surface area contributed by atoms with Crippen molar-refractivity contribution in [1.29, 1.82) is 5.26 Å². The number of carbonyl (C=O) groups excluding carboxylic acids is 4. The van der Waals surface area contributed by atoms with Crippen LogP contribution in [0, 0.1) is 35.3 Å². The van der Waals surface area contributed by atoms with Gasteiger partial charge in [0.05, 0.1) is 17.1 Å².